The van der Waals surface area contributed by atoms with Gasteiger partial charge in [0.25, 0.3) is 0 Å². The van der Waals surface area contributed by atoms with Crippen LogP contribution in [0.25, 0.3) is 0 Å². The number of phenols is 1. The van der Waals surface area contributed by atoms with Gasteiger partial charge in [0, 0.05) is 24.5 Å². The number of ketones is 1. The summed E-state index contributed by atoms with van der Waals surface area (Å²) in [6.45, 7) is 1.71. The molecule has 0 amide bonds. The molecule has 1 aliphatic heterocycles. The number of hydrogen-bond acceptors (Lipinski definition) is 6. The van der Waals surface area contributed by atoms with Crippen molar-refractivity contribution in [1.82, 2.24) is 0 Å². The van der Waals surface area contributed by atoms with Crippen LogP contribution >= 0.6 is 0 Å². The molecule has 0 aliphatic carbocycles. The van der Waals surface area contributed by atoms with Crippen LogP contribution in [0.5, 0.6) is 11.5 Å². The van der Waals surface area contributed by atoms with Crippen LogP contribution in [-0.4, -0.2) is 35.2 Å². The van der Waals surface area contributed by atoms with Gasteiger partial charge in [0.1, 0.15) is 28.9 Å². The SMILES string of the molecule is COc1cc(O)cc2c1C(=O)OC2CCCCCCCCCC(=O)CCC(C)O. The van der Waals surface area contributed by atoms with Crippen LogP contribution in [0.2, 0.25) is 0 Å². The summed E-state index contributed by atoms with van der Waals surface area (Å²) in [6.07, 6.45) is 9.08. The van der Waals surface area contributed by atoms with Gasteiger partial charge < -0.3 is 19.7 Å². The van der Waals surface area contributed by atoms with E-state index >= 15 is 0 Å². The number of cyclic esters (lactones) is 1. The number of rotatable bonds is 14. The molecule has 0 aromatic heterocycles. The maximum absolute atomic E-state index is 12.1. The number of benzene rings is 1. The number of hydrogen-bond donors (Lipinski definition) is 2. The average molecular weight is 407 g/mol. The zero-order chi connectivity index (χ0) is 21.2. The monoisotopic (exact) mass is 406 g/mol. The molecule has 6 heteroatoms. The molecule has 2 atom stereocenters. The van der Waals surface area contributed by atoms with Crippen molar-refractivity contribution in [2.24, 2.45) is 0 Å². The summed E-state index contributed by atoms with van der Waals surface area (Å²) in [5.74, 6) is 0.301. The molecule has 29 heavy (non-hydrogen) atoms. The lowest BCUT2D eigenvalue weighted by atomic mass is 9.98. The molecule has 0 fully saturated rings. The Morgan fingerprint density at radius 3 is 2.41 bits per heavy atom. The molecule has 1 heterocycles. The standard InChI is InChI=1S/C23H34O6/c1-16(24)12-13-17(25)10-8-6-4-3-5-7-9-11-20-19-14-18(26)15-21(28-2)22(19)23(27)29-20/h14-16,20,24,26H,3-13H2,1-2H3. The van der Waals surface area contributed by atoms with Crippen molar-refractivity contribution in [3.8, 4) is 11.5 Å². The highest BCUT2D eigenvalue weighted by atomic mass is 16.6. The molecule has 1 aromatic carbocycles. The average Bonchev–Trinajstić information content (AvgIpc) is 2.99. The van der Waals surface area contributed by atoms with Crippen LogP contribution in [0.4, 0.5) is 0 Å². The van der Waals surface area contributed by atoms with E-state index in [1.807, 2.05) is 0 Å². The predicted octanol–water partition coefficient (Wildman–Crippen LogP) is 4.85. The molecule has 1 aliphatic rings. The van der Waals surface area contributed by atoms with Crippen molar-refractivity contribution < 1.29 is 29.3 Å². The van der Waals surface area contributed by atoms with Gasteiger partial charge in [0.2, 0.25) is 0 Å². The molecule has 2 unspecified atom stereocenters. The number of phenolic OH excluding ortho intramolecular Hbond substituents is 1. The van der Waals surface area contributed by atoms with E-state index in [1.54, 1.807) is 13.0 Å². The molecule has 2 N–H and O–H groups in total. The van der Waals surface area contributed by atoms with E-state index in [1.165, 1.54) is 13.2 Å². The Bertz CT molecular complexity index is 682. The number of aliphatic hydroxyl groups is 1. The maximum atomic E-state index is 12.1. The molecule has 1 aromatic rings. The number of methoxy groups -OCH3 is 1. The molecular weight excluding hydrogens is 372 g/mol. The zero-order valence-electron chi connectivity index (χ0n) is 17.6. The molecule has 2 rings (SSSR count). The number of ether oxygens (including phenoxy) is 2. The van der Waals surface area contributed by atoms with E-state index in [2.05, 4.69) is 0 Å². The molecule has 0 spiro atoms. The van der Waals surface area contributed by atoms with Gasteiger partial charge in [0.15, 0.2) is 0 Å². The van der Waals surface area contributed by atoms with Crippen LogP contribution in [0.1, 0.15) is 99.6 Å². The van der Waals surface area contributed by atoms with E-state index < -0.39 is 6.10 Å². The van der Waals surface area contributed by atoms with Gasteiger partial charge in [-0.1, -0.05) is 32.1 Å². The van der Waals surface area contributed by atoms with Gasteiger partial charge in [0.05, 0.1) is 13.2 Å². The molecule has 0 saturated heterocycles. The number of unbranched alkanes of at least 4 members (excludes halogenated alkanes) is 6. The van der Waals surface area contributed by atoms with Crippen LogP contribution in [-0.2, 0) is 9.53 Å². The van der Waals surface area contributed by atoms with Crippen LogP contribution in [0.3, 0.4) is 0 Å². The second-order valence-electron chi connectivity index (χ2n) is 7.95. The highest BCUT2D eigenvalue weighted by molar-refractivity contribution is 5.97. The normalized spacial score (nSPS) is 16.4. The number of aliphatic hydroxyl groups excluding tert-OH is 1. The van der Waals surface area contributed by atoms with Crippen molar-refractivity contribution in [2.75, 3.05) is 7.11 Å². The largest absolute Gasteiger partial charge is 0.508 e. The van der Waals surface area contributed by atoms with E-state index in [9.17, 15) is 19.8 Å². The Morgan fingerprint density at radius 2 is 1.76 bits per heavy atom. The number of carbonyl (C=O) groups excluding carboxylic acids is 2. The van der Waals surface area contributed by atoms with Crippen LogP contribution in [0, 0.1) is 0 Å². The molecule has 0 saturated carbocycles. The second-order valence-corrected chi connectivity index (χ2v) is 7.95. The third-order valence-corrected chi connectivity index (χ3v) is 5.40. The minimum Gasteiger partial charge on any atom is -0.508 e. The maximum Gasteiger partial charge on any atom is 0.342 e. The number of Topliss-reactive ketones (excluding diaryl/α,β-unsaturated/α-hetero) is 1. The molecule has 6 nitrogen and oxygen atoms in total. The summed E-state index contributed by atoms with van der Waals surface area (Å²) < 4.78 is 10.7. The Balaban J connectivity index is 1.58. The van der Waals surface area contributed by atoms with Crippen molar-refractivity contribution in [2.45, 2.75) is 89.8 Å². The summed E-state index contributed by atoms with van der Waals surface area (Å²) >= 11 is 0. The topological polar surface area (TPSA) is 93.1 Å². The fraction of sp³-hybridized carbons (Fsp3) is 0.652. The van der Waals surface area contributed by atoms with E-state index in [0.29, 0.717) is 36.1 Å². The third-order valence-electron chi connectivity index (χ3n) is 5.40. The number of esters is 1. The van der Waals surface area contributed by atoms with Gasteiger partial charge in [-0.15, -0.1) is 0 Å². The highest BCUT2D eigenvalue weighted by Crippen LogP contribution is 2.41. The smallest absolute Gasteiger partial charge is 0.342 e. The van der Waals surface area contributed by atoms with Crippen molar-refractivity contribution in [3.05, 3.63) is 23.3 Å². The Labute approximate surface area is 173 Å². The number of fused-ring (bicyclic) bond motifs is 1. The second kappa shape index (κ2) is 11.8. The van der Waals surface area contributed by atoms with Gasteiger partial charge in [-0.05, 0) is 38.7 Å². The summed E-state index contributed by atoms with van der Waals surface area (Å²) in [5.41, 5.74) is 1.14. The van der Waals surface area contributed by atoms with Crippen molar-refractivity contribution >= 4 is 11.8 Å². The quantitative estimate of drug-likeness (QED) is 0.339. The fourth-order valence-corrected chi connectivity index (χ4v) is 3.75. The summed E-state index contributed by atoms with van der Waals surface area (Å²) in [7, 11) is 1.47. The van der Waals surface area contributed by atoms with E-state index in [0.717, 1.165) is 51.4 Å². The summed E-state index contributed by atoms with van der Waals surface area (Å²) in [4.78, 5) is 23.8. The number of carbonyl (C=O) groups is 2. The fourth-order valence-electron chi connectivity index (χ4n) is 3.75. The van der Waals surface area contributed by atoms with Gasteiger partial charge in [-0.25, -0.2) is 4.79 Å². The molecule has 0 radical (unpaired) electrons. The molecule has 162 valence electrons. The highest BCUT2D eigenvalue weighted by Gasteiger charge is 2.34. The summed E-state index contributed by atoms with van der Waals surface area (Å²) in [5, 5.41) is 19.0. The lowest BCUT2D eigenvalue weighted by Gasteiger charge is -2.11. The Kier molecular flexibility index (Phi) is 9.45. The number of aromatic hydroxyl groups is 1. The van der Waals surface area contributed by atoms with Crippen LogP contribution in [0.15, 0.2) is 12.1 Å². The van der Waals surface area contributed by atoms with Gasteiger partial charge in [-0.3, -0.25) is 4.79 Å². The first kappa shape index (κ1) is 23.2. The van der Waals surface area contributed by atoms with Crippen LogP contribution < -0.4 is 4.74 Å². The lowest BCUT2D eigenvalue weighted by Crippen LogP contribution is -2.05. The Hall–Kier alpha value is -2.08. The third kappa shape index (κ3) is 7.35. The predicted molar refractivity (Wildman–Crippen MR) is 110 cm³/mol. The van der Waals surface area contributed by atoms with E-state index in [4.69, 9.17) is 9.47 Å². The van der Waals surface area contributed by atoms with Crippen molar-refractivity contribution in [1.29, 1.82) is 0 Å². The lowest BCUT2D eigenvalue weighted by molar-refractivity contribution is -0.119. The molecule has 0 bridgehead atoms. The van der Waals surface area contributed by atoms with Gasteiger partial charge in [-0.2, -0.15) is 0 Å². The Morgan fingerprint density at radius 1 is 1.10 bits per heavy atom. The first-order valence-electron chi connectivity index (χ1n) is 10.7. The zero-order valence-corrected chi connectivity index (χ0v) is 17.6. The minimum atomic E-state index is -0.395. The first-order chi connectivity index (χ1) is 13.9. The van der Waals surface area contributed by atoms with E-state index in [-0.39, 0.29) is 23.6 Å². The minimum absolute atomic E-state index is 0.0771. The van der Waals surface area contributed by atoms with Crippen molar-refractivity contribution in [3.63, 3.8) is 0 Å². The summed E-state index contributed by atoms with van der Waals surface area (Å²) in [6, 6.07) is 3.03. The van der Waals surface area contributed by atoms with Gasteiger partial charge >= 0.3 is 5.97 Å². The first-order valence-corrected chi connectivity index (χ1v) is 10.7. The molecular formula is C23H34O6.